The highest BCUT2D eigenvalue weighted by Crippen LogP contribution is 2.26. The van der Waals surface area contributed by atoms with Crippen LogP contribution in [0.3, 0.4) is 0 Å². The minimum absolute atomic E-state index is 0.00238. The lowest BCUT2D eigenvalue weighted by Crippen LogP contribution is -2.04. The van der Waals surface area contributed by atoms with Crippen molar-refractivity contribution in [2.45, 2.75) is 6.54 Å². The van der Waals surface area contributed by atoms with Gasteiger partial charge >= 0.3 is 5.69 Å². The highest BCUT2D eigenvalue weighted by atomic mass is 79.9. The van der Waals surface area contributed by atoms with Gasteiger partial charge in [-0.2, -0.15) is 0 Å². The summed E-state index contributed by atoms with van der Waals surface area (Å²) in [5.74, 6) is -0.373. The summed E-state index contributed by atoms with van der Waals surface area (Å²) in [6.45, 7) is 0.246. The van der Waals surface area contributed by atoms with Gasteiger partial charge in [-0.1, -0.05) is 17.7 Å². The van der Waals surface area contributed by atoms with Gasteiger partial charge in [0.15, 0.2) is 0 Å². The topological polar surface area (TPSA) is 68.1 Å². The minimum atomic E-state index is -0.530. The van der Waals surface area contributed by atoms with Crippen molar-refractivity contribution >= 4 is 39.0 Å². The number of aromatic nitrogens is 1. The Morgan fingerprint density at radius 1 is 1.45 bits per heavy atom. The van der Waals surface area contributed by atoms with Crippen LogP contribution in [0.1, 0.15) is 5.56 Å². The molecule has 2 rings (SSSR count). The van der Waals surface area contributed by atoms with E-state index in [1.54, 1.807) is 6.07 Å². The minimum Gasteiger partial charge on any atom is -0.360 e. The lowest BCUT2D eigenvalue weighted by Gasteiger charge is -2.07. The molecule has 104 valence electrons. The molecule has 0 bridgehead atoms. The van der Waals surface area contributed by atoms with E-state index in [-0.39, 0.29) is 23.1 Å². The Morgan fingerprint density at radius 3 is 2.85 bits per heavy atom. The average Bonchev–Trinajstić information content (AvgIpc) is 2.41. The second kappa shape index (κ2) is 6.15. The Bertz CT molecular complexity index is 669. The van der Waals surface area contributed by atoms with Gasteiger partial charge in [-0.3, -0.25) is 10.1 Å². The predicted octanol–water partition coefficient (Wildman–Crippen LogP) is 4.16. The fourth-order valence-electron chi connectivity index (χ4n) is 1.54. The molecule has 0 fully saturated rings. The molecule has 5 nitrogen and oxygen atoms in total. The van der Waals surface area contributed by atoms with Crippen molar-refractivity contribution in [1.29, 1.82) is 0 Å². The fourth-order valence-corrected chi connectivity index (χ4v) is 2.06. The van der Waals surface area contributed by atoms with Gasteiger partial charge in [0.25, 0.3) is 0 Å². The monoisotopic (exact) mass is 359 g/mol. The number of pyridine rings is 1. The van der Waals surface area contributed by atoms with Crippen molar-refractivity contribution in [1.82, 2.24) is 4.98 Å². The Hall–Kier alpha value is -1.73. The van der Waals surface area contributed by atoms with Gasteiger partial charge in [-0.15, -0.1) is 0 Å². The Labute approximate surface area is 127 Å². The number of hydrogen-bond donors (Lipinski definition) is 1. The summed E-state index contributed by atoms with van der Waals surface area (Å²) in [6.07, 6.45) is 1.45. The van der Waals surface area contributed by atoms with Gasteiger partial charge in [0.1, 0.15) is 5.82 Å². The first kappa shape index (κ1) is 14.7. The van der Waals surface area contributed by atoms with Crippen LogP contribution in [-0.2, 0) is 6.54 Å². The number of hydrogen-bond acceptors (Lipinski definition) is 4. The molecule has 8 heteroatoms. The molecular weight excluding hydrogens is 353 g/mol. The number of anilines is 1. The second-order valence-corrected chi connectivity index (χ2v) is 5.20. The summed E-state index contributed by atoms with van der Waals surface area (Å²) in [5.41, 5.74) is 0.544. The third-order valence-electron chi connectivity index (χ3n) is 2.47. The molecule has 20 heavy (non-hydrogen) atoms. The first-order chi connectivity index (χ1) is 9.47. The highest BCUT2D eigenvalue weighted by molar-refractivity contribution is 9.10. The lowest BCUT2D eigenvalue weighted by molar-refractivity contribution is -0.384. The molecule has 0 saturated carbocycles. The maximum absolute atomic E-state index is 13.0. The van der Waals surface area contributed by atoms with Crippen molar-refractivity contribution < 1.29 is 9.31 Å². The molecule has 0 unspecified atom stereocenters. The van der Waals surface area contributed by atoms with E-state index in [4.69, 9.17) is 11.6 Å². The third kappa shape index (κ3) is 3.43. The van der Waals surface area contributed by atoms with Crippen molar-refractivity contribution in [3.05, 3.63) is 61.5 Å². The maximum atomic E-state index is 13.0. The zero-order valence-corrected chi connectivity index (χ0v) is 12.3. The molecule has 1 heterocycles. The van der Waals surface area contributed by atoms with Gasteiger partial charge in [0.05, 0.1) is 9.95 Å². The van der Waals surface area contributed by atoms with Crippen molar-refractivity contribution in [3.63, 3.8) is 0 Å². The van der Waals surface area contributed by atoms with E-state index in [0.717, 1.165) is 0 Å². The number of benzene rings is 1. The number of halogens is 3. The van der Waals surface area contributed by atoms with Crippen molar-refractivity contribution in [3.8, 4) is 0 Å². The summed E-state index contributed by atoms with van der Waals surface area (Å²) in [6, 6.07) is 5.59. The van der Waals surface area contributed by atoms with E-state index in [1.165, 1.54) is 24.4 Å². The standard InChI is InChI=1S/C12H8BrClFN3O2/c13-8-4-11(18(19)20)12(17-6-8)16-5-7-1-2-10(15)9(14)3-7/h1-4,6H,5H2,(H,16,17). The molecule has 0 spiro atoms. The quantitative estimate of drug-likeness (QED) is 0.657. The number of nitrogens with zero attached hydrogens (tertiary/aromatic N) is 2. The first-order valence-electron chi connectivity index (χ1n) is 5.45. The zero-order chi connectivity index (χ0) is 14.7. The molecule has 1 aromatic carbocycles. The fraction of sp³-hybridized carbons (Fsp3) is 0.0833. The SMILES string of the molecule is O=[N+]([O-])c1cc(Br)cnc1NCc1ccc(F)c(Cl)c1. The summed E-state index contributed by atoms with van der Waals surface area (Å²) in [5, 5.41) is 13.8. The summed E-state index contributed by atoms with van der Waals surface area (Å²) in [4.78, 5) is 14.3. The van der Waals surface area contributed by atoms with E-state index in [0.29, 0.717) is 10.0 Å². The van der Waals surface area contributed by atoms with E-state index >= 15 is 0 Å². The van der Waals surface area contributed by atoms with Gasteiger partial charge in [-0.25, -0.2) is 9.37 Å². The summed E-state index contributed by atoms with van der Waals surface area (Å²) in [7, 11) is 0. The molecule has 0 amide bonds. The van der Waals surface area contributed by atoms with Gasteiger partial charge in [-0.05, 0) is 33.6 Å². The zero-order valence-electron chi connectivity index (χ0n) is 9.94. The Kier molecular flexibility index (Phi) is 4.51. The molecule has 0 aliphatic rings. The largest absolute Gasteiger partial charge is 0.360 e. The molecule has 2 aromatic rings. The van der Waals surface area contributed by atoms with Crippen molar-refractivity contribution in [2.24, 2.45) is 0 Å². The van der Waals surface area contributed by atoms with Crippen LogP contribution in [0.15, 0.2) is 34.9 Å². The summed E-state index contributed by atoms with van der Waals surface area (Å²) >= 11 is 8.79. The molecule has 0 saturated heterocycles. The van der Waals surface area contributed by atoms with Crippen LogP contribution in [-0.4, -0.2) is 9.91 Å². The highest BCUT2D eigenvalue weighted by Gasteiger charge is 2.15. The maximum Gasteiger partial charge on any atom is 0.312 e. The average molecular weight is 361 g/mol. The van der Waals surface area contributed by atoms with Gasteiger partial charge < -0.3 is 5.32 Å². The first-order valence-corrected chi connectivity index (χ1v) is 6.62. The van der Waals surface area contributed by atoms with Crippen LogP contribution >= 0.6 is 27.5 Å². The summed E-state index contributed by atoms with van der Waals surface area (Å²) < 4.78 is 13.5. The van der Waals surface area contributed by atoms with E-state index in [1.807, 2.05) is 0 Å². The normalized spacial score (nSPS) is 10.3. The van der Waals surface area contributed by atoms with Gasteiger partial charge in [0.2, 0.25) is 5.82 Å². The third-order valence-corrected chi connectivity index (χ3v) is 3.20. The number of nitrogens with one attached hydrogen (secondary N) is 1. The molecular formula is C12H8BrClFN3O2. The lowest BCUT2D eigenvalue weighted by atomic mass is 10.2. The van der Waals surface area contributed by atoms with E-state index in [2.05, 4.69) is 26.2 Å². The van der Waals surface area contributed by atoms with Crippen LogP contribution in [0.4, 0.5) is 15.9 Å². The van der Waals surface area contributed by atoms with E-state index in [9.17, 15) is 14.5 Å². The molecule has 0 atom stereocenters. The molecule has 0 aliphatic heterocycles. The molecule has 0 aliphatic carbocycles. The predicted molar refractivity (Wildman–Crippen MR) is 77.3 cm³/mol. The smallest absolute Gasteiger partial charge is 0.312 e. The van der Waals surface area contributed by atoms with Crippen LogP contribution < -0.4 is 5.32 Å². The molecule has 1 N–H and O–H groups in total. The van der Waals surface area contributed by atoms with E-state index < -0.39 is 10.7 Å². The van der Waals surface area contributed by atoms with Crippen LogP contribution in [0, 0.1) is 15.9 Å². The van der Waals surface area contributed by atoms with Crippen LogP contribution in [0.2, 0.25) is 5.02 Å². The second-order valence-electron chi connectivity index (χ2n) is 3.88. The Balaban J connectivity index is 2.18. The van der Waals surface area contributed by atoms with Gasteiger partial charge in [0, 0.05) is 23.3 Å². The van der Waals surface area contributed by atoms with Crippen LogP contribution in [0.5, 0.6) is 0 Å². The molecule has 1 aromatic heterocycles. The van der Waals surface area contributed by atoms with Crippen molar-refractivity contribution in [2.75, 3.05) is 5.32 Å². The Morgan fingerprint density at radius 2 is 2.20 bits per heavy atom. The number of nitro groups is 1. The number of rotatable bonds is 4. The molecule has 0 radical (unpaired) electrons. The van der Waals surface area contributed by atoms with Crippen LogP contribution in [0.25, 0.3) is 0 Å².